The zero-order valence-electron chi connectivity index (χ0n) is 20.1. The fourth-order valence-corrected chi connectivity index (χ4v) is 4.62. The standard InChI is InChI=1S/C25H38N2O6/c1-25(2,3)33-24(28)26-16-7-10-22(27(29)30)23(26)18-32-21-13-11-20(12-14-21)31-17-15-19-8-5-4-6-9-19/h4-6,8-9,20-23H,7,10-18H2,1-3H3. The van der Waals surface area contributed by atoms with E-state index in [0.717, 1.165) is 32.1 Å². The van der Waals surface area contributed by atoms with Gasteiger partial charge < -0.3 is 14.2 Å². The molecule has 0 N–H and O–H groups in total. The van der Waals surface area contributed by atoms with Crippen molar-refractivity contribution in [3.05, 3.63) is 46.0 Å². The molecule has 1 aromatic rings. The van der Waals surface area contributed by atoms with Gasteiger partial charge in [0.05, 0.1) is 25.4 Å². The number of carbonyl (C=O) groups excluding carboxylic acids is 1. The molecule has 1 saturated carbocycles. The van der Waals surface area contributed by atoms with E-state index in [1.807, 2.05) is 18.2 Å². The summed E-state index contributed by atoms with van der Waals surface area (Å²) in [5.74, 6) is 0. The molecular formula is C25H38N2O6. The van der Waals surface area contributed by atoms with Gasteiger partial charge in [-0.05, 0) is 64.9 Å². The zero-order valence-corrected chi connectivity index (χ0v) is 20.1. The van der Waals surface area contributed by atoms with Crippen molar-refractivity contribution in [2.45, 2.75) is 95.6 Å². The summed E-state index contributed by atoms with van der Waals surface area (Å²) < 4.78 is 17.7. The van der Waals surface area contributed by atoms with Crippen LogP contribution in [0.5, 0.6) is 0 Å². The van der Waals surface area contributed by atoms with Crippen molar-refractivity contribution < 1.29 is 23.9 Å². The summed E-state index contributed by atoms with van der Waals surface area (Å²) in [6.07, 6.45) is 5.25. The summed E-state index contributed by atoms with van der Waals surface area (Å²) >= 11 is 0. The molecule has 2 atom stereocenters. The lowest BCUT2D eigenvalue weighted by Crippen LogP contribution is -2.57. The third kappa shape index (κ3) is 7.96. The van der Waals surface area contributed by atoms with E-state index < -0.39 is 23.8 Å². The molecule has 2 fully saturated rings. The normalized spacial score (nSPS) is 26.1. The van der Waals surface area contributed by atoms with E-state index in [2.05, 4.69) is 12.1 Å². The number of nitro groups is 1. The molecule has 1 aromatic carbocycles. The first-order valence-electron chi connectivity index (χ1n) is 12.1. The highest BCUT2D eigenvalue weighted by atomic mass is 16.6. The maximum absolute atomic E-state index is 12.7. The number of hydrogen-bond acceptors (Lipinski definition) is 6. The molecule has 8 heteroatoms. The maximum Gasteiger partial charge on any atom is 0.410 e. The van der Waals surface area contributed by atoms with Gasteiger partial charge in [0.2, 0.25) is 6.04 Å². The van der Waals surface area contributed by atoms with E-state index in [9.17, 15) is 14.9 Å². The second-order valence-electron chi connectivity index (χ2n) is 10.1. The zero-order chi connectivity index (χ0) is 23.8. The van der Waals surface area contributed by atoms with E-state index >= 15 is 0 Å². The van der Waals surface area contributed by atoms with Crippen LogP contribution in [0.2, 0.25) is 0 Å². The summed E-state index contributed by atoms with van der Waals surface area (Å²) in [5.41, 5.74) is 0.625. The summed E-state index contributed by atoms with van der Waals surface area (Å²) in [6.45, 7) is 6.71. The van der Waals surface area contributed by atoms with Crippen LogP contribution in [-0.2, 0) is 20.6 Å². The molecule has 1 amide bonds. The Balaban J connectivity index is 1.46. The van der Waals surface area contributed by atoms with Crippen molar-refractivity contribution in [2.75, 3.05) is 19.8 Å². The Morgan fingerprint density at radius 3 is 2.30 bits per heavy atom. The van der Waals surface area contributed by atoms with E-state index in [0.29, 0.717) is 26.0 Å². The van der Waals surface area contributed by atoms with Crippen molar-refractivity contribution in [3.8, 4) is 0 Å². The van der Waals surface area contributed by atoms with Crippen LogP contribution in [-0.4, -0.2) is 65.6 Å². The first-order valence-corrected chi connectivity index (χ1v) is 12.1. The largest absolute Gasteiger partial charge is 0.444 e. The lowest BCUT2D eigenvalue weighted by Gasteiger charge is -2.38. The number of hydrogen-bond donors (Lipinski definition) is 0. The van der Waals surface area contributed by atoms with Gasteiger partial charge >= 0.3 is 6.09 Å². The third-order valence-corrected chi connectivity index (χ3v) is 6.35. The van der Waals surface area contributed by atoms with E-state index in [4.69, 9.17) is 14.2 Å². The van der Waals surface area contributed by atoms with Gasteiger partial charge in [-0.15, -0.1) is 0 Å². The highest BCUT2D eigenvalue weighted by molar-refractivity contribution is 5.68. The number of likely N-dealkylation sites (tertiary alicyclic amines) is 1. The molecule has 8 nitrogen and oxygen atoms in total. The van der Waals surface area contributed by atoms with Crippen molar-refractivity contribution in [2.24, 2.45) is 0 Å². The van der Waals surface area contributed by atoms with Crippen molar-refractivity contribution in [1.82, 2.24) is 4.90 Å². The monoisotopic (exact) mass is 462 g/mol. The Kier molecular flexibility index (Phi) is 9.09. The summed E-state index contributed by atoms with van der Waals surface area (Å²) in [5, 5.41) is 11.7. The molecule has 184 valence electrons. The van der Waals surface area contributed by atoms with Gasteiger partial charge in [0, 0.05) is 17.9 Å². The molecule has 1 aliphatic carbocycles. The van der Waals surface area contributed by atoms with Crippen LogP contribution in [0.4, 0.5) is 4.79 Å². The van der Waals surface area contributed by atoms with Crippen LogP contribution in [0.15, 0.2) is 30.3 Å². The van der Waals surface area contributed by atoms with E-state index in [1.165, 1.54) is 10.5 Å². The predicted molar refractivity (Wildman–Crippen MR) is 125 cm³/mol. The summed E-state index contributed by atoms with van der Waals surface area (Å²) in [4.78, 5) is 25.6. The molecule has 33 heavy (non-hydrogen) atoms. The van der Waals surface area contributed by atoms with Crippen LogP contribution < -0.4 is 0 Å². The molecule has 0 bridgehead atoms. The molecular weight excluding hydrogens is 424 g/mol. The van der Waals surface area contributed by atoms with Crippen LogP contribution in [0, 0.1) is 10.1 Å². The van der Waals surface area contributed by atoms with Gasteiger partial charge in [0.15, 0.2) is 0 Å². The van der Waals surface area contributed by atoms with Crippen molar-refractivity contribution in [1.29, 1.82) is 0 Å². The molecule has 1 aliphatic heterocycles. The fourth-order valence-electron chi connectivity index (χ4n) is 4.62. The average Bonchev–Trinajstić information content (AvgIpc) is 2.78. The number of nitrogens with zero attached hydrogens (tertiary/aromatic N) is 2. The number of carbonyl (C=O) groups is 1. The van der Waals surface area contributed by atoms with Gasteiger partial charge in [-0.25, -0.2) is 4.79 Å². The van der Waals surface area contributed by atoms with E-state index in [-0.39, 0.29) is 23.7 Å². The highest BCUT2D eigenvalue weighted by Gasteiger charge is 2.43. The summed E-state index contributed by atoms with van der Waals surface area (Å²) in [7, 11) is 0. The van der Waals surface area contributed by atoms with Gasteiger partial charge in [-0.1, -0.05) is 30.3 Å². The molecule has 0 aromatic heterocycles. The van der Waals surface area contributed by atoms with Crippen LogP contribution in [0.3, 0.4) is 0 Å². The molecule has 2 aliphatic rings. The second kappa shape index (κ2) is 11.8. The minimum Gasteiger partial charge on any atom is -0.444 e. The maximum atomic E-state index is 12.7. The number of ether oxygens (including phenoxy) is 3. The van der Waals surface area contributed by atoms with Crippen LogP contribution >= 0.6 is 0 Å². The van der Waals surface area contributed by atoms with Gasteiger partial charge in [-0.2, -0.15) is 0 Å². The molecule has 1 saturated heterocycles. The molecule has 3 rings (SSSR count). The lowest BCUT2D eigenvalue weighted by molar-refractivity contribution is -0.534. The third-order valence-electron chi connectivity index (χ3n) is 6.35. The molecule has 0 radical (unpaired) electrons. The van der Waals surface area contributed by atoms with Gasteiger partial charge in [-0.3, -0.25) is 15.0 Å². The Bertz CT molecular complexity index is 758. The van der Waals surface area contributed by atoms with E-state index in [1.54, 1.807) is 20.8 Å². The Morgan fingerprint density at radius 1 is 1.06 bits per heavy atom. The molecule has 0 spiro atoms. The summed E-state index contributed by atoms with van der Waals surface area (Å²) in [6, 6.07) is 8.87. The average molecular weight is 463 g/mol. The Morgan fingerprint density at radius 2 is 1.70 bits per heavy atom. The second-order valence-corrected chi connectivity index (χ2v) is 10.1. The van der Waals surface area contributed by atoms with Gasteiger partial charge in [0.1, 0.15) is 11.6 Å². The topological polar surface area (TPSA) is 91.1 Å². The van der Waals surface area contributed by atoms with Crippen LogP contribution in [0.1, 0.15) is 64.9 Å². The molecule has 1 heterocycles. The van der Waals surface area contributed by atoms with Crippen molar-refractivity contribution in [3.63, 3.8) is 0 Å². The fraction of sp³-hybridized carbons (Fsp3) is 0.720. The number of amides is 1. The Hall–Kier alpha value is -2.19. The highest BCUT2D eigenvalue weighted by Crippen LogP contribution is 2.27. The number of piperidine rings is 1. The molecule has 2 unspecified atom stereocenters. The van der Waals surface area contributed by atoms with Crippen LogP contribution in [0.25, 0.3) is 0 Å². The number of benzene rings is 1. The first-order chi connectivity index (χ1) is 15.7. The van der Waals surface area contributed by atoms with Crippen molar-refractivity contribution >= 4 is 6.09 Å². The Labute approximate surface area is 196 Å². The van der Waals surface area contributed by atoms with Gasteiger partial charge in [0.25, 0.3) is 0 Å². The minimum atomic E-state index is -0.830. The minimum absolute atomic E-state index is 0.0359. The SMILES string of the molecule is CC(C)(C)OC(=O)N1CCCC([N+](=O)[O-])C1COC1CCC(OCCc2ccccc2)CC1. The smallest absolute Gasteiger partial charge is 0.410 e. The first kappa shape index (κ1) is 25.4. The predicted octanol–water partition coefficient (Wildman–Crippen LogP) is 4.62. The quantitative estimate of drug-likeness (QED) is 0.414. The lowest BCUT2D eigenvalue weighted by atomic mass is 9.94. The number of rotatable bonds is 8.